The molecular weight excluding hydrogens is 395 g/mol. The smallest absolute Gasteiger partial charge is 0.254 e. The van der Waals surface area contributed by atoms with E-state index in [4.69, 9.17) is 0 Å². The summed E-state index contributed by atoms with van der Waals surface area (Å²) in [5, 5.41) is 2.83. The SMILES string of the molecule is CC(=O)[C@H](NC(=O)c1cc(C2CCN(C(=O)C3CC3)CC2)ccc1F)C1CCCCC1. The van der Waals surface area contributed by atoms with Crippen molar-refractivity contribution in [3.8, 4) is 0 Å². The summed E-state index contributed by atoms with van der Waals surface area (Å²) in [6.45, 7) is 2.93. The Morgan fingerprint density at radius 2 is 1.68 bits per heavy atom. The number of halogens is 1. The third kappa shape index (κ3) is 5.16. The Hall–Kier alpha value is -2.24. The molecule has 168 valence electrons. The van der Waals surface area contributed by atoms with E-state index in [9.17, 15) is 18.8 Å². The number of rotatable bonds is 6. The first-order valence-electron chi connectivity index (χ1n) is 11.8. The van der Waals surface area contributed by atoms with Crippen molar-refractivity contribution in [3.05, 3.63) is 35.1 Å². The quantitative estimate of drug-likeness (QED) is 0.738. The zero-order chi connectivity index (χ0) is 22.0. The maximum atomic E-state index is 14.5. The summed E-state index contributed by atoms with van der Waals surface area (Å²) in [4.78, 5) is 39.4. The second-order valence-electron chi connectivity index (χ2n) is 9.57. The molecule has 4 rings (SSSR count). The zero-order valence-corrected chi connectivity index (χ0v) is 18.4. The molecule has 3 fully saturated rings. The molecule has 1 aromatic carbocycles. The maximum absolute atomic E-state index is 14.5. The van der Waals surface area contributed by atoms with Crippen molar-refractivity contribution in [1.29, 1.82) is 0 Å². The summed E-state index contributed by atoms with van der Waals surface area (Å²) in [5.41, 5.74) is 0.943. The van der Waals surface area contributed by atoms with Crippen LogP contribution >= 0.6 is 0 Å². The minimum Gasteiger partial charge on any atom is -0.342 e. The highest BCUT2D eigenvalue weighted by Gasteiger charge is 2.35. The molecule has 5 nitrogen and oxygen atoms in total. The first kappa shape index (κ1) is 22.0. The lowest BCUT2D eigenvalue weighted by atomic mass is 9.82. The van der Waals surface area contributed by atoms with Crippen LogP contribution in [0, 0.1) is 17.7 Å². The Labute approximate surface area is 183 Å². The van der Waals surface area contributed by atoms with Gasteiger partial charge in [0.1, 0.15) is 5.82 Å². The average Bonchev–Trinajstić information content (AvgIpc) is 3.63. The van der Waals surface area contributed by atoms with Crippen molar-refractivity contribution in [1.82, 2.24) is 10.2 Å². The van der Waals surface area contributed by atoms with Crippen LogP contribution in [0.5, 0.6) is 0 Å². The number of nitrogens with zero attached hydrogens (tertiary/aromatic N) is 1. The lowest BCUT2D eigenvalue weighted by Gasteiger charge is -2.32. The molecule has 3 aliphatic rings. The van der Waals surface area contributed by atoms with Crippen molar-refractivity contribution in [2.75, 3.05) is 13.1 Å². The first-order valence-corrected chi connectivity index (χ1v) is 11.8. The molecule has 2 amide bonds. The first-order chi connectivity index (χ1) is 14.9. The number of carbonyl (C=O) groups is 3. The summed E-state index contributed by atoms with van der Waals surface area (Å²) in [7, 11) is 0. The molecule has 1 atom stereocenters. The minimum absolute atomic E-state index is 0.0102. The molecule has 1 heterocycles. The van der Waals surface area contributed by atoms with Crippen LogP contribution in [0.4, 0.5) is 4.39 Å². The highest BCUT2D eigenvalue weighted by Crippen LogP contribution is 2.35. The van der Waals surface area contributed by atoms with Crippen LogP contribution in [0.1, 0.15) is 86.6 Å². The molecule has 0 spiro atoms. The minimum atomic E-state index is -0.562. The van der Waals surface area contributed by atoms with Crippen molar-refractivity contribution in [2.24, 2.45) is 11.8 Å². The predicted molar refractivity (Wildman–Crippen MR) is 116 cm³/mol. The Balaban J connectivity index is 1.42. The second kappa shape index (κ2) is 9.49. The molecule has 1 saturated heterocycles. The number of ketones is 1. The molecule has 1 aromatic rings. The van der Waals surface area contributed by atoms with Gasteiger partial charge in [0.15, 0.2) is 5.78 Å². The van der Waals surface area contributed by atoms with E-state index in [1.807, 2.05) is 4.90 Å². The third-order valence-electron chi connectivity index (χ3n) is 7.29. The van der Waals surface area contributed by atoms with Gasteiger partial charge in [0, 0.05) is 19.0 Å². The van der Waals surface area contributed by atoms with E-state index in [0.717, 1.165) is 63.4 Å². The maximum Gasteiger partial charge on any atom is 0.254 e. The molecule has 1 aliphatic heterocycles. The van der Waals surface area contributed by atoms with Crippen molar-refractivity contribution in [2.45, 2.75) is 76.7 Å². The fourth-order valence-corrected chi connectivity index (χ4v) is 5.23. The van der Waals surface area contributed by atoms with Crippen LogP contribution in [0.3, 0.4) is 0 Å². The van der Waals surface area contributed by atoms with Crippen LogP contribution in [0.15, 0.2) is 18.2 Å². The molecule has 1 N–H and O–H groups in total. The largest absolute Gasteiger partial charge is 0.342 e. The van der Waals surface area contributed by atoms with E-state index >= 15 is 0 Å². The number of nitrogens with one attached hydrogen (secondary N) is 1. The summed E-state index contributed by atoms with van der Waals surface area (Å²) in [5.74, 6) is -0.289. The van der Waals surface area contributed by atoms with Gasteiger partial charge in [-0.25, -0.2) is 4.39 Å². The van der Waals surface area contributed by atoms with E-state index < -0.39 is 17.8 Å². The van der Waals surface area contributed by atoms with E-state index in [0.29, 0.717) is 13.1 Å². The van der Waals surface area contributed by atoms with Crippen LogP contribution in [-0.4, -0.2) is 41.6 Å². The molecule has 0 bridgehead atoms. The number of amides is 2. The normalized spacial score (nSPS) is 21.5. The molecule has 2 aliphatic carbocycles. The molecule has 0 radical (unpaired) electrons. The van der Waals surface area contributed by atoms with Gasteiger partial charge in [-0.05, 0) is 75.0 Å². The highest BCUT2D eigenvalue weighted by atomic mass is 19.1. The van der Waals surface area contributed by atoms with E-state index in [1.165, 1.54) is 13.0 Å². The monoisotopic (exact) mass is 428 g/mol. The summed E-state index contributed by atoms with van der Waals surface area (Å²) in [6, 6.07) is 4.20. The lowest BCUT2D eigenvalue weighted by Crippen LogP contribution is -2.46. The van der Waals surface area contributed by atoms with E-state index in [2.05, 4.69) is 5.32 Å². The van der Waals surface area contributed by atoms with Crippen molar-refractivity contribution < 1.29 is 18.8 Å². The Kier molecular flexibility index (Phi) is 6.73. The Morgan fingerprint density at radius 3 is 2.29 bits per heavy atom. The van der Waals surface area contributed by atoms with Gasteiger partial charge in [0.2, 0.25) is 5.91 Å². The number of hydrogen-bond donors (Lipinski definition) is 1. The summed E-state index contributed by atoms with van der Waals surface area (Å²) in [6.07, 6.45) is 8.81. The predicted octanol–water partition coefficient (Wildman–Crippen LogP) is 4.21. The molecule has 31 heavy (non-hydrogen) atoms. The van der Waals surface area contributed by atoms with Crippen LogP contribution in [0.25, 0.3) is 0 Å². The van der Waals surface area contributed by atoms with Gasteiger partial charge in [-0.2, -0.15) is 0 Å². The van der Waals surface area contributed by atoms with Crippen LogP contribution < -0.4 is 5.32 Å². The molecule has 0 aromatic heterocycles. The third-order valence-corrected chi connectivity index (χ3v) is 7.29. The summed E-state index contributed by atoms with van der Waals surface area (Å²) < 4.78 is 14.5. The highest BCUT2D eigenvalue weighted by molar-refractivity contribution is 5.98. The number of likely N-dealkylation sites (tertiary alicyclic amines) is 1. The average molecular weight is 429 g/mol. The fourth-order valence-electron chi connectivity index (χ4n) is 5.23. The summed E-state index contributed by atoms with van der Waals surface area (Å²) >= 11 is 0. The van der Waals surface area contributed by atoms with Gasteiger partial charge in [-0.3, -0.25) is 14.4 Å². The number of benzene rings is 1. The number of piperidine rings is 1. The Bertz CT molecular complexity index is 837. The van der Waals surface area contributed by atoms with Gasteiger partial charge in [0.25, 0.3) is 5.91 Å². The van der Waals surface area contributed by atoms with Gasteiger partial charge in [-0.1, -0.05) is 25.3 Å². The van der Waals surface area contributed by atoms with Gasteiger partial charge < -0.3 is 10.2 Å². The molecule has 6 heteroatoms. The number of Topliss-reactive ketones (excluding diaryl/α,β-unsaturated/α-hetero) is 1. The number of hydrogen-bond acceptors (Lipinski definition) is 3. The van der Waals surface area contributed by atoms with Gasteiger partial charge in [-0.15, -0.1) is 0 Å². The van der Waals surface area contributed by atoms with Gasteiger partial charge in [0.05, 0.1) is 11.6 Å². The zero-order valence-electron chi connectivity index (χ0n) is 18.4. The molecule has 0 unspecified atom stereocenters. The lowest BCUT2D eigenvalue weighted by molar-refractivity contribution is -0.133. The fraction of sp³-hybridized carbons (Fsp3) is 0.640. The van der Waals surface area contributed by atoms with Crippen LogP contribution in [-0.2, 0) is 9.59 Å². The van der Waals surface area contributed by atoms with E-state index in [-0.39, 0.29) is 35.0 Å². The standard InChI is InChI=1S/C25H33FN2O3/c1-16(29)23(18-5-3-2-4-6-18)27-24(30)21-15-20(9-10-22(21)26)17-11-13-28(14-12-17)25(31)19-7-8-19/h9-10,15,17-19,23H,2-8,11-14H2,1H3,(H,27,30)/t23-/m0/s1. The molecular formula is C25H33FN2O3. The number of carbonyl (C=O) groups excluding carboxylic acids is 3. The van der Waals surface area contributed by atoms with Crippen LogP contribution in [0.2, 0.25) is 0 Å². The molecule has 2 saturated carbocycles. The Morgan fingerprint density at radius 1 is 1.00 bits per heavy atom. The van der Waals surface area contributed by atoms with Crippen molar-refractivity contribution >= 4 is 17.6 Å². The van der Waals surface area contributed by atoms with E-state index in [1.54, 1.807) is 12.1 Å². The topological polar surface area (TPSA) is 66.5 Å². The van der Waals surface area contributed by atoms with Gasteiger partial charge >= 0.3 is 0 Å². The second-order valence-corrected chi connectivity index (χ2v) is 9.57. The van der Waals surface area contributed by atoms with Crippen molar-refractivity contribution in [3.63, 3.8) is 0 Å².